The zero-order chi connectivity index (χ0) is 14.5. The van der Waals surface area contributed by atoms with Crippen LogP contribution in [0.2, 0.25) is 0 Å². The smallest absolute Gasteiger partial charge is 0.321 e. The van der Waals surface area contributed by atoms with Crippen LogP contribution in [0.1, 0.15) is 26.7 Å². The third-order valence-corrected chi connectivity index (χ3v) is 3.47. The Morgan fingerprint density at radius 2 is 2.10 bits per heavy atom. The lowest BCUT2D eigenvalue weighted by Crippen LogP contribution is -2.27. The molecule has 3 amide bonds. The fourth-order valence-corrected chi connectivity index (χ4v) is 2.27. The van der Waals surface area contributed by atoms with E-state index < -0.39 is 0 Å². The van der Waals surface area contributed by atoms with Crippen molar-refractivity contribution >= 4 is 23.3 Å². The van der Waals surface area contributed by atoms with Crippen LogP contribution >= 0.6 is 0 Å². The van der Waals surface area contributed by atoms with Crippen LogP contribution in [0.15, 0.2) is 24.3 Å². The first-order chi connectivity index (χ1) is 9.61. The van der Waals surface area contributed by atoms with Crippen molar-refractivity contribution in [3.05, 3.63) is 24.3 Å². The highest BCUT2D eigenvalue weighted by atomic mass is 16.2. The fraction of sp³-hybridized carbons (Fsp3) is 0.467. The minimum Gasteiger partial charge on any atom is -0.336 e. The van der Waals surface area contributed by atoms with Crippen molar-refractivity contribution in [2.24, 2.45) is 5.92 Å². The Kier molecular flexibility index (Phi) is 4.61. The van der Waals surface area contributed by atoms with Crippen molar-refractivity contribution in [1.82, 2.24) is 5.32 Å². The lowest BCUT2D eigenvalue weighted by Gasteiger charge is -2.15. The fourth-order valence-electron chi connectivity index (χ4n) is 2.27. The highest BCUT2D eigenvalue weighted by molar-refractivity contribution is 5.95. The van der Waals surface area contributed by atoms with Gasteiger partial charge in [-0.05, 0) is 30.7 Å². The minimum atomic E-state index is -0.0710. The number of carbonyl (C=O) groups is 2. The molecule has 2 N–H and O–H groups in total. The van der Waals surface area contributed by atoms with Crippen LogP contribution in [0.4, 0.5) is 16.2 Å². The summed E-state index contributed by atoms with van der Waals surface area (Å²) in [6, 6.07) is 7.30. The summed E-state index contributed by atoms with van der Waals surface area (Å²) in [4.78, 5) is 25.1. The SMILES string of the molecule is CCCC(C)C(=O)Nc1ccc(N2CCNC2=O)cc1. The second-order valence-electron chi connectivity index (χ2n) is 5.11. The number of anilines is 2. The number of hydrogen-bond donors (Lipinski definition) is 2. The quantitative estimate of drug-likeness (QED) is 0.867. The molecular formula is C15H21N3O2. The Balaban J connectivity index is 1.98. The number of hydrogen-bond acceptors (Lipinski definition) is 2. The molecule has 1 atom stereocenters. The molecular weight excluding hydrogens is 254 g/mol. The Hall–Kier alpha value is -2.04. The monoisotopic (exact) mass is 275 g/mol. The molecule has 2 rings (SSSR count). The van der Waals surface area contributed by atoms with Crippen LogP contribution < -0.4 is 15.5 Å². The number of rotatable bonds is 5. The molecule has 1 aromatic carbocycles. The number of benzene rings is 1. The number of nitrogens with one attached hydrogen (secondary N) is 2. The first-order valence-electron chi connectivity index (χ1n) is 7.08. The van der Waals surface area contributed by atoms with Crippen LogP contribution in [0.3, 0.4) is 0 Å². The average molecular weight is 275 g/mol. The van der Waals surface area contributed by atoms with E-state index in [4.69, 9.17) is 0 Å². The Morgan fingerprint density at radius 3 is 2.65 bits per heavy atom. The lowest BCUT2D eigenvalue weighted by atomic mass is 10.1. The van der Waals surface area contributed by atoms with Gasteiger partial charge in [0.1, 0.15) is 0 Å². The number of carbonyl (C=O) groups excluding carboxylic acids is 2. The van der Waals surface area contributed by atoms with E-state index in [0.717, 1.165) is 24.2 Å². The molecule has 1 unspecified atom stereocenters. The van der Waals surface area contributed by atoms with E-state index in [2.05, 4.69) is 17.6 Å². The molecule has 0 bridgehead atoms. The van der Waals surface area contributed by atoms with E-state index >= 15 is 0 Å². The summed E-state index contributed by atoms with van der Waals surface area (Å²) in [7, 11) is 0. The molecule has 1 aliphatic heterocycles. The molecule has 108 valence electrons. The van der Waals surface area contributed by atoms with E-state index in [1.165, 1.54) is 0 Å². The molecule has 1 heterocycles. The summed E-state index contributed by atoms with van der Waals surface area (Å²) in [5.41, 5.74) is 1.61. The molecule has 0 aliphatic carbocycles. The van der Waals surface area contributed by atoms with Crippen LogP contribution in [0, 0.1) is 5.92 Å². The van der Waals surface area contributed by atoms with Crippen molar-refractivity contribution in [3.8, 4) is 0 Å². The van der Waals surface area contributed by atoms with Crippen LogP contribution in [0.25, 0.3) is 0 Å². The van der Waals surface area contributed by atoms with Crippen molar-refractivity contribution in [2.75, 3.05) is 23.3 Å². The zero-order valence-electron chi connectivity index (χ0n) is 12.0. The van der Waals surface area contributed by atoms with E-state index in [1.807, 2.05) is 31.2 Å². The molecule has 1 aromatic rings. The van der Waals surface area contributed by atoms with Gasteiger partial charge in [0, 0.05) is 30.4 Å². The minimum absolute atomic E-state index is 0.0176. The standard InChI is InChI=1S/C15H21N3O2/c1-3-4-11(2)14(19)17-12-5-7-13(8-6-12)18-10-9-16-15(18)20/h5-8,11H,3-4,9-10H2,1-2H3,(H,16,20)(H,17,19). The summed E-state index contributed by atoms with van der Waals surface area (Å²) in [5, 5.41) is 5.66. The molecule has 20 heavy (non-hydrogen) atoms. The first-order valence-corrected chi connectivity index (χ1v) is 7.08. The van der Waals surface area contributed by atoms with Gasteiger partial charge in [-0.1, -0.05) is 20.3 Å². The third-order valence-electron chi connectivity index (χ3n) is 3.47. The van der Waals surface area contributed by atoms with E-state index in [-0.39, 0.29) is 17.9 Å². The molecule has 0 spiro atoms. The van der Waals surface area contributed by atoms with Gasteiger partial charge in [-0.3, -0.25) is 9.69 Å². The van der Waals surface area contributed by atoms with Gasteiger partial charge < -0.3 is 10.6 Å². The van der Waals surface area contributed by atoms with Gasteiger partial charge in [-0.2, -0.15) is 0 Å². The highest BCUT2D eigenvalue weighted by Crippen LogP contribution is 2.20. The maximum absolute atomic E-state index is 11.9. The van der Waals surface area contributed by atoms with Crippen molar-refractivity contribution in [1.29, 1.82) is 0 Å². The maximum atomic E-state index is 11.9. The first kappa shape index (κ1) is 14.4. The molecule has 5 heteroatoms. The normalized spacial score (nSPS) is 15.9. The zero-order valence-corrected chi connectivity index (χ0v) is 12.0. The molecule has 1 aliphatic rings. The van der Waals surface area contributed by atoms with E-state index in [9.17, 15) is 9.59 Å². The highest BCUT2D eigenvalue weighted by Gasteiger charge is 2.20. The molecule has 5 nitrogen and oxygen atoms in total. The number of urea groups is 1. The van der Waals surface area contributed by atoms with Crippen LogP contribution in [-0.4, -0.2) is 25.0 Å². The van der Waals surface area contributed by atoms with Gasteiger partial charge in [0.25, 0.3) is 0 Å². The second-order valence-corrected chi connectivity index (χ2v) is 5.11. The van der Waals surface area contributed by atoms with Crippen LogP contribution in [-0.2, 0) is 4.79 Å². The van der Waals surface area contributed by atoms with Crippen molar-refractivity contribution in [3.63, 3.8) is 0 Å². The Labute approximate surface area is 119 Å². The molecule has 0 radical (unpaired) electrons. The van der Waals surface area contributed by atoms with Crippen molar-refractivity contribution in [2.45, 2.75) is 26.7 Å². The van der Waals surface area contributed by atoms with Crippen molar-refractivity contribution < 1.29 is 9.59 Å². The number of amides is 3. The predicted octanol–water partition coefficient (Wildman–Crippen LogP) is 2.59. The lowest BCUT2D eigenvalue weighted by molar-refractivity contribution is -0.119. The summed E-state index contributed by atoms with van der Waals surface area (Å²) >= 11 is 0. The molecule has 1 saturated heterocycles. The number of nitrogens with zero attached hydrogens (tertiary/aromatic N) is 1. The second kappa shape index (κ2) is 6.41. The topological polar surface area (TPSA) is 61.4 Å². The van der Waals surface area contributed by atoms with Gasteiger partial charge in [-0.25, -0.2) is 4.79 Å². The largest absolute Gasteiger partial charge is 0.336 e. The Bertz CT molecular complexity index is 484. The van der Waals surface area contributed by atoms with Gasteiger partial charge in [0.05, 0.1) is 0 Å². The summed E-state index contributed by atoms with van der Waals surface area (Å²) in [6.45, 7) is 5.35. The Morgan fingerprint density at radius 1 is 1.40 bits per heavy atom. The van der Waals surface area contributed by atoms with E-state index in [1.54, 1.807) is 4.90 Å². The van der Waals surface area contributed by atoms with Crippen LogP contribution in [0.5, 0.6) is 0 Å². The summed E-state index contributed by atoms with van der Waals surface area (Å²) < 4.78 is 0. The third kappa shape index (κ3) is 3.29. The van der Waals surface area contributed by atoms with Gasteiger partial charge in [-0.15, -0.1) is 0 Å². The molecule has 0 aromatic heterocycles. The van der Waals surface area contributed by atoms with Gasteiger partial charge >= 0.3 is 6.03 Å². The van der Waals surface area contributed by atoms with E-state index in [0.29, 0.717) is 13.1 Å². The summed E-state index contributed by atoms with van der Waals surface area (Å²) in [5.74, 6) is 0.0579. The summed E-state index contributed by atoms with van der Waals surface area (Å²) in [6.07, 6.45) is 1.88. The maximum Gasteiger partial charge on any atom is 0.321 e. The predicted molar refractivity (Wildman–Crippen MR) is 79.9 cm³/mol. The average Bonchev–Trinajstić information content (AvgIpc) is 2.86. The van der Waals surface area contributed by atoms with Gasteiger partial charge in [0.15, 0.2) is 0 Å². The van der Waals surface area contributed by atoms with Gasteiger partial charge in [0.2, 0.25) is 5.91 Å². The molecule has 1 fully saturated rings. The molecule has 0 saturated carbocycles.